The highest BCUT2D eigenvalue weighted by molar-refractivity contribution is 6.13. The molecule has 0 aliphatic rings. The Kier molecular flexibility index (Phi) is 10.3. The predicted molar refractivity (Wildman–Crippen MR) is 322 cm³/mol. The van der Waals surface area contributed by atoms with Gasteiger partial charge in [0.15, 0.2) is 5.82 Å². The summed E-state index contributed by atoms with van der Waals surface area (Å²) in [6, 6.07) is 94.7. The summed E-state index contributed by atoms with van der Waals surface area (Å²) in [5, 5.41) is 7.39. The Labute approximate surface area is 445 Å². The Morgan fingerprint density at radius 1 is 0.260 bits per heavy atom. The molecule has 4 aromatic heterocycles. The number of hydrogen-bond acceptors (Lipinski definition) is 2. The van der Waals surface area contributed by atoms with Gasteiger partial charge in [0.25, 0.3) is 0 Å². The van der Waals surface area contributed by atoms with Crippen molar-refractivity contribution in [3.8, 4) is 73.2 Å². The highest BCUT2D eigenvalue weighted by atomic mass is 15.0. The Bertz CT molecular complexity index is 4390. The van der Waals surface area contributed by atoms with Crippen molar-refractivity contribution in [2.24, 2.45) is 0 Å². The van der Waals surface area contributed by atoms with Crippen LogP contribution in [0.2, 0.25) is 0 Å². The third-order valence-electron chi connectivity index (χ3n) is 15.6. The van der Waals surface area contributed by atoms with E-state index >= 15 is 0 Å². The molecule has 362 valence electrons. The molecular formula is C72H49N5. The lowest BCUT2D eigenvalue weighted by molar-refractivity contribution is 1.16. The largest absolute Gasteiger partial charge is 0.309 e. The maximum atomic E-state index is 5.47. The predicted octanol–water partition coefficient (Wildman–Crippen LogP) is 18.7. The van der Waals surface area contributed by atoms with Crippen molar-refractivity contribution in [2.75, 3.05) is 0 Å². The zero-order valence-electron chi connectivity index (χ0n) is 42.6. The second kappa shape index (κ2) is 17.8. The fraction of sp³-hybridized carbons (Fsp3) is 0.0278. The number of rotatable bonds is 8. The van der Waals surface area contributed by atoms with Gasteiger partial charge in [-0.05, 0) is 116 Å². The van der Waals surface area contributed by atoms with Crippen LogP contribution in [0.3, 0.4) is 0 Å². The Balaban J connectivity index is 1.03. The fourth-order valence-corrected chi connectivity index (χ4v) is 12.0. The number of hydrogen-bond donors (Lipinski definition) is 0. The number of benzene rings is 11. The summed E-state index contributed by atoms with van der Waals surface area (Å²) in [4.78, 5) is 10.9. The van der Waals surface area contributed by atoms with Gasteiger partial charge < -0.3 is 13.7 Å². The van der Waals surface area contributed by atoms with Gasteiger partial charge in [-0.3, -0.25) is 0 Å². The van der Waals surface area contributed by atoms with Crippen LogP contribution in [0, 0.1) is 13.8 Å². The first-order valence-corrected chi connectivity index (χ1v) is 26.4. The fourth-order valence-electron chi connectivity index (χ4n) is 12.0. The van der Waals surface area contributed by atoms with E-state index in [-0.39, 0.29) is 0 Å². The van der Waals surface area contributed by atoms with Crippen LogP contribution in [0.25, 0.3) is 139 Å². The molecule has 11 aromatic carbocycles. The molecule has 0 fully saturated rings. The average Bonchev–Trinajstić information content (AvgIpc) is 4.17. The first-order valence-electron chi connectivity index (χ1n) is 26.4. The average molecular weight is 984 g/mol. The Hall–Kier alpha value is -10.1. The molecule has 0 bridgehead atoms. The van der Waals surface area contributed by atoms with E-state index in [0.29, 0.717) is 5.82 Å². The van der Waals surface area contributed by atoms with Crippen molar-refractivity contribution >= 4 is 65.4 Å². The first kappa shape index (κ1) is 44.4. The number of aryl methyl sites for hydroxylation is 2. The summed E-state index contributed by atoms with van der Waals surface area (Å²) in [5.41, 5.74) is 21.7. The van der Waals surface area contributed by atoms with E-state index in [1.165, 1.54) is 65.5 Å². The normalized spacial score (nSPS) is 11.8. The van der Waals surface area contributed by atoms with Gasteiger partial charge in [-0.25, -0.2) is 9.97 Å². The SMILES string of the molecule is Cc1ccc2c(c1)c1cc(C)ccc1n2-c1c(-c2ccc(-n3c4ccccc4c4ccccc43)cc2)cc(-c2nc(-c3ccccc3)cc(-c3ccccc3)n2)cc1-c1ccc(-n2c3ccccc3c3ccccc32)cc1. The van der Waals surface area contributed by atoms with Crippen molar-refractivity contribution < 1.29 is 0 Å². The molecule has 0 amide bonds. The third-order valence-corrected chi connectivity index (χ3v) is 15.6. The van der Waals surface area contributed by atoms with Gasteiger partial charge in [0.1, 0.15) is 0 Å². The minimum atomic E-state index is 0.650. The third kappa shape index (κ3) is 7.31. The van der Waals surface area contributed by atoms with Crippen LogP contribution in [-0.2, 0) is 0 Å². The smallest absolute Gasteiger partial charge is 0.160 e. The van der Waals surface area contributed by atoms with Gasteiger partial charge in [-0.2, -0.15) is 0 Å². The summed E-state index contributed by atoms with van der Waals surface area (Å²) in [6.45, 7) is 4.38. The van der Waals surface area contributed by atoms with E-state index in [2.05, 4.69) is 288 Å². The van der Waals surface area contributed by atoms with Crippen molar-refractivity contribution in [1.29, 1.82) is 0 Å². The molecule has 15 rings (SSSR count). The van der Waals surface area contributed by atoms with Crippen LogP contribution in [0.15, 0.2) is 261 Å². The molecule has 5 nitrogen and oxygen atoms in total. The lowest BCUT2D eigenvalue weighted by Gasteiger charge is -2.22. The molecular weight excluding hydrogens is 935 g/mol. The summed E-state index contributed by atoms with van der Waals surface area (Å²) < 4.78 is 7.29. The van der Waals surface area contributed by atoms with Crippen LogP contribution in [0.4, 0.5) is 0 Å². The summed E-state index contributed by atoms with van der Waals surface area (Å²) >= 11 is 0. The minimum absolute atomic E-state index is 0.650. The maximum Gasteiger partial charge on any atom is 0.160 e. The summed E-state index contributed by atoms with van der Waals surface area (Å²) in [6.07, 6.45) is 0. The quantitative estimate of drug-likeness (QED) is 0.152. The number of para-hydroxylation sites is 4. The highest BCUT2D eigenvalue weighted by Crippen LogP contribution is 2.45. The van der Waals surface area contributed by atoms with Crippen LogP contribution in [0.5, 0.6) is 0 Å². The number of nitrogens with zero attached hydrogens (tertiary/aromatic N) is 5. The molecule has 0 aliphatic heterocycles. The van der Waals surface area contributed by atoms with E-state index in [1.807, 2.05) is 0 Å². The number of fused-ring (bicyclic) bond motifs is 9. The molecule has 0 atom stereocenters. The molecule has 0 N–H and O–H groups in total. The summed E-state index contributed by atoms with van der Waals surface area (Å²) in [5.74, 6) is 0.650. The molecule has 15 aromatic rings. The second-order valence-electron chi connectivity index (χ2n) is 20.3. The monoisotopic (exact) mass is 983 g/mol. The zero-order valence-corrected chi connectivity index (χ0v) is 42.6. The topological polar surface area (TPSA) is 40.6 Å². The molecule has 0 spiro atoms. The number of aromatic nitrogens is 5. The Morgan fingerprint density at radius 2 is 0.610 bits per heavy atom. The van der Waals surface area contributed by atoms with E-state index in [4.69, 9.17) is 9.97 Å². The van der Waals surface area contributed by atoms with Crippen molar-refractivity contribution in [2.45, 2.75) is 13.8 Å². The molecule has 4 heterocycles. The van der Waals surface area contributed by atoms with Gasteiger partial charge in [0.05, 0.1) is 50.2 Å². The van der Waals surface area contributed by atoms with Gasteiger partial charge in [0, 0.05) is 71.5 Å². The Morgan fingerprint density at radius 3 is 1.00 bits per heavy atom. The molecule has 0 unspecified atom stereocenters. The van der Waals surface area contributed by atoms with Crippen molar-refractivity contribution in [3.63, 3.8) is 0 Å². The minimum Gasteiger partial charge on any atom is -0.309 e. The van der Waals surface area contributed by atoms with Crippen LogP contribution in [-0.4, -0.2) is 23.7 Å². The van der Waals surface area contributed by atoms with E-state index in [9.17, 15) is 0 Å². The molecule has 0 aliphatic carbocycles. The van der Waals surface area contributed by atoms with Gasteiger partial charge in [0.2, 0.25) is 0 Å². The van der Waals surface area contributed by atoms with Crippen LogP contribution >= 0.6 is 0 Å². The molecule has 0 saturated carbocycles. The summed E-state index contributed by atoms with van der Waals surface area (Å²) in [7, 11) is 0. The lowest BCUT2D eigenvalue weighted by Crippen LogP contribution is -2.03. The van der Waals surface area contributed by atoms with Gasteiger partial charge in [-0.1, -0.05) is 181 Å². The van der Waals surface area contributed by atoms with Gasteiger partial charge in [-0.15, -0.1) is 0 Å². The van der Waals surface area contributed by atoms with E-state index < -0.39 is 0 Å². The van der Waals surface area contributed by atoms with Crippen LogP contribution < -0.4 is 0 Å². The lowest BCUT2D eigenvalue weighted by atomic mass is 9.92. The molecule has 77 heavy (non-hydrogen) atoms. The highest BCUT2D eigenvalue weighted by Gasteiger charge is 2.24. The van der Waals surface area contributed by atoms with Crippen molar-refractivity contribution in [1.82, 2.24) is 23.7 Å². The van der Waals surface area contributed by atoms with Gasteiger partial charge >= 0.3 is 0 Å². The van der Waals surface area contributed by atoms with E-state index in [1.54, 1.807) is 0 Å². The van der Waals surface area contributed by atoms with E-state index in [0.717, 1.165) is 78.4 Å². The zero-order chi connectivity index (χ0) is 51.1. The molecule has 5 heteroatoms. The second-order valence-corrected chi connectivity index (χ2v) is 20.3. The molecule has 0 saturated heterocycles. The first-order chi connectivity index (χ1) is 38.0. The molecule has 0 radical (unpaired) electrons. The van der Waals surface area contributed by atoms with Crippen molar-refractivity contribution in [3.05, 3.63) is 272 Å². The maximum absolute atomic E-state index is 5.47. The van der Waals surface area contributed by atoms with Crippen LogP contribution in [0.1, 0.15) is 11.1 Å². The standard InChI is InChI=1S/C72H49N5/c1-46-29-39-69-61(41-46)62-42-47(2)30-40-70(62)77(69)71-59(48-31-35-53(36-32-48)75-65-25-13-9-21-55(65)56-22-10-14-26-66(56)75)43-52(72-73-63(50-17-5-3-6-18-50)45-64(74-72)51-19-7-4-8-20-51)44-60(71)49-33-37-54(38-34-49)76-67-27-15-11-23-57(67)58-24-12-16-28-68(58)76/h3-45H,1-2H3.